The second-order valence-electron chi connectivity index (χ2n) is 7.32. The van der Waals surface area contributed by atoms with Crippen LogP contribution in [0.4, 0.5) is 10.7 Å². The second-order valence-corrected chi connectivity index (χ2v) is 7.32. The molecule has 1 aromatic heterocycles. The molecule has 3 heterocycles. The largest absolute Gasteiger partial charge is 0.338 e. The standard InChI is InChI=1S/C19H28N6O3/c1-3-6-19(7-4-2)16(27)25(18(28)22-19)14-15(26)23-10-12-24(13-11-23)17-20-8-5-9-21-17/h5,8-9H,3-4,6-7,10-14H2,1-2H3,(H,22,28). The summed E-state index contributed by atoms with van der Waals surface area (Å²) in [6.45, 7) is 6.02. The quantitative estimate of drug-likeness (QED) is 0.700. The van der Waals surface area contributed by atoms with Crippen molar-refractivity contribution in [2.24, 2.45) is 0 Å². The Balaban J connectivity index is 1.59. The lowest BCUT2D eigenvalue weighted by atomic mass is 9.88. The topological polar surface area (TPSA) is 98.7 Å². The molecule has 0 radical (unpaired) electrons. The maximum atomic E-state index is 12.9. The third-order valence-corrected chi connectivity index (χ3v) is 5.36. The molecule has 0 saturated carbocycles. The van der Waals surface area contributed by atoms with E-state index in [1.807, 2.05) is 18.7 Å². The van der Waals surface area contributed by atoms with Gasteiger partial charge < -0.3 is 15.1 Å². The van der Waals surface area contributed by atoms with Gasteiger partial charge in [0, 0.05) is 38.6 Å². The lowest BCUT2D eigenvalue weighted by molar-refractivity contribution is -0.139. The van der Waals surface area contributed by atoms with Gasteiger partial charge in [-0.25, -0.2) is 14.8 Å². The molecule has 28 heavy (non-hydrogen) atoms. The number of piperazine rings is 1. The SMILES string of the molecule is CCCC1(CCC)NC(=O)N(CC(=O)N2CCN(c3ncccn3)CC2)C1=O. The van der Waals surface area contributed by atoms with E-state index in [1.165, 1.54) is 0 Å². The van der Waals surface area contributed by atoms with E-state index in [2.05, 4.69) is 15.3 Å². The number of anilines is 1. The first kappa shape index (κ1) is 20.0. The molecule has 0 bridgehead atoms. The van der Waals surface area contributed by atoms with Gasteiger partial charge in [0.25, 0.3) is 5.91 Å². The zero-order chi connectivity index (χ0) is 20.1. The Kier molecular flexibility index (Phi) is 6.11. The van der Waals surface area contributed by atoms with Crippen molar-refractivity contribution in [3.05, 3.63) is 18.5 Å². The minimum atomic E-state index is -0.857. The first-order chi connectivity index (χ1) is 13.5. The van der Waals surface area contributed by atoms with Gasteiger partial charge in [-0.15, -0.1) is 0 Å². The van der Waals surface area contributed by atoms with Crippen molar-refractivity contribution in [3.8, 4) is 0 Å². The van der Waals surface area contributed by atoms with Gasteiger partial charge in [-0.05, 0) is 18.9 Å². The van der Waals surface area contributed by atoms with Crippen LogP contribution in [0.25, 0.3) is 0 Å². The Bertz CT molecular complexity index is 712. The molecule has 0 aromatic carbocycles. The molecule has 9 nitrogen and oxygen atoms in total. The fourth-order valence-corrected chi connectivity index (χ4v) is 3.98. The Morgan fingerprint density at radius 2 is 1.68 bits per heavy atom. The van der Waals surface area contributed by atoms with E-state index in [0.717, 1.165) is 17.7 Å². The monoisotopic (exact) mass is 388 g/mol. The number of hydrogen-bond donors (Lipinski definition) is 1. The smallest absolute Gasteiger partial charge is 0.325 e. The molecular formula is C19H28N6O3. The van der Waals surface area contributed by atoms with Crippen molar-refractivity contribution >= 4 is 23.8 Å². The maximum absolute atomic E-state index is 12.9. The van der Waals surface area contributed by atoms with Crippen molar-refractivity contribution in [2.75, 3.05) is 37.6 Å². The molecule has 9 heteroatoms. The summed E-state index contributed by atoms with van der Waals surface area (Å²) in [5.41, 5.74) is -0.857. The molecular weight excluding hydrogens is 360 g/mol. The summed E-state index contributed by atoms with van der Waals surface area (Å²) in [7, 11) is 0. The van der Waals surface area contributed by atoms with Crippen molar-refractivity contribution in [1.29, 1.82) is 0 Å². The number of nitrogens with one attached hydrogen (secondary N) is 1. The number of hydrogen-bond acceptors (Lipinski definition) is 6. The number of rotatable bonds is 7. The van der Waals surface area contributed by atoms with Crippen LogP contribution in [-0.2, 0) is 9.59 Å². The van der Waals surface area contributed by atoms with Crippen molar-refractivity contribution in [3.63, 3.8) is 0 Å². The number of nitrogens with zero attached hydrogens (tertiary/aromatic N) is 5. The van der Waals surface area contributed by atoms with E-state index in [9.17, 15) is 14.4 Å². The highest BCUT2D eigenvalue weighted by molar-refractivity contribution is 6.09. The number of urea groups is 1. The summed E-state index contributed by atoms with van der Waals surface area (Å²) in [5.74, 6) is 0.166. The van der Waals surface area contributed by atoms with Crippen LogP contribution in [0.3, 0.4) is 0 Å². The molecule has 1 aromatic rings. The lowest BCUT2D eigenvalue weighted by Crippen LogP contribution is -2.52. The van der Waals surface area contributed by atoms with Gasteiger partial charge in [0.15, 0.2) is 0 Å². The van der Waals surface area contributed by atoms with E-state index in [1.54, 1.807) is 23.4 Å². The van der Waals surface area contributed by atoms with E-state index < -0.39 is 11.6 Å². The second kappa shape index (κ2) is 8.53. The highest BCUT2D eigenvalue weighted by atomic mass is 16.2. The Morgan fingerprint density at radius 3 is 2.25 bits per heavy atom. The predicted molar refractivity (Wildman–Crippen MR) is 104 cm³/mol. The fourth-order valence-electron chi connectivity index (χ4n) is 3.98. The van der Waals surface area contributed by atoms with Gasteiger partial charge in [0.2, 0.25) is 11.9 Å². The van der Waals surface area contributed by atoms with E-state index in [0.29, 0.717) is 45.0 Å². The molecule has 2 fully saturated rings. The number of carbonyl (C=O) groups is 3. The van der Waals surface area contributed by atoms with Gasteiger partial charge in [0.1, 0.15) is 12.1 Å². The highest BCUT2D eigenvalue weighted by Crippen LogP contribution is 2.28. The minimum Gasteiger partial charge on any atom is -0.338 e. The first-order valence-corrected chi connectivity index (χ1v) is 9.94. The molecule has 152 valence electrons. The van der Waals surface area contributed by atoms with Crippen LogP contribution in [-0.4, -0.2) is 75.9 Å². The Hall–Kier alpha value is -2.71. The van der Waals surface area contributed by atoms with Gasteiger partial charge in [-0.1, -0.05) is 26.7 Å². The van der Waals surface area contributed by atoms with E-state index in [-0.39, 0.29) is 18.4 Å². The average molecular weight is 388 g/mol. The van der Waals surface area contributed by atoms with E-state index >= 15 is 0 Å². The molecule has 0 atom stereocenters. The Morgan fingerprint density at radius 1 is 1.07 bits per heavy atom. The molecule has 2 aliphatic rings. The third kappa shape index (κ3) is 3.93. The average Bonchev–Trinajstić information content (AvgIpc) is 2.93. The number of imide groups is 1. The minimum absolute atomic E-state index is 0.207. The number of aromatic nitrogens is 2. The molecule has 1 N–H and O–H groups in total. The summed E-state index contributed by atoms with van der Waals surface area (Å²) in [6, 6.07) is 1.30. The molecule has 2 saturated heterocycles. The Labute approximate surface area is 165 Å². The molecule has 0 aliphatic carbocycles. The fraction of sp³-hybridized carbons (Fsp3) is 0.632. The first-order valence-electron chi connectivity index (χ1n) is 9.94. The summed E-state index contributed by atoms with van der Waals surface area (Å²) >= 11 is 0. The molecule has 2 aliphatic heterocycles. The third-order valence-electron chi connectivity index (χ3n) is 5.36. The van der Waals surface area contributed by atoms with Crippen LogP contribution in [0, 0.1) is 0 Å². The van der Waals surface area contributed by atoms with Crippen LogP contribution in [0.5, 0.6) is 0 Å². The van der Waals surface area contributed by atoms with Crippen LogP contribution in [0.2, 0.25) is 0 Å². The van der Waals surface area contributed by atoms with Crippen molar-refractivity contribution < 1.29 is 14.4 Å². The van der Waals surface area contributed by atoms with Crippen LogP contribution in [0.15, 0.2) is 18.5 Å². The number of amides is 4. The van der Waals surface area contributed by atoms with Crippen molar-refractivity contribution in [1.82, 2.24) is 25.1 Å². The van der Waals surface area contributed by atoms with Gasteiger partial charge in [0.05, 0.1) is 0 Å². The van der Waals surface area contributed by atoms with Gasteiger partial charge in [-0.3, -0.25) is 14.5 Å². The summed E-state index contributed by atoms with van der Waals surface area (Å²) in [5, 5.41) is 2.85. The summed E-state index contributed by atoms with van der Waals surface area (Å²) in [6.07, 6.45) is 6.14. The zero-order valence-corrected chi connectivity index (χ0v) is 16.6. The molecule has 0 spiro atoms. The van der Waals surface area contributed by atoms with Crippen molar-refractivity contribution in [2.45, 2.75) is 45.1 Å². The molecule has 3 rings (SSSR count). The highest BCUT2D eigenvalue weighted by Gasteiger charge is 2.50. The molecule has 0 unspecified atom stereocenters. The summed E-state index contributed by atoms with van der Waals surface area (Å²) < 4.78 is 0. The normalized spacial score (nSPS) is 19.1. The van der Waals surface area contributed by atoms with Gasteiger partial charge in [-0.2, -0.15) is 0 Å². The maximum Gasteiger partial charge on any atom is 0.325 e. The predicted octanol–water partition coefficient (Wildman–Crippen LogP) is 1.02. The lowest BCUT2D eigenvalue weighted by Gasteiger charge is -2.35. The molecule has 4 amide bonds. The van der Waals surface area contributed by atoms with Crippen LogP contribution >= 0.6 is 0 Å². The zero-order valence-electron chi connectivity index (χ0n) is 16.6. The van der Waals surface area contributed by atoms with Gasteiger partial charge >= 0.3 is 6.03 Å². The summed E-state index contributed by atoms with van der Waals surface area (Å²) in [4.78, 5) is 51.3. The van der Waals surface area contributed by atoms with E-state index in [4.69, 9.17) is 0 Å². The number of carbonyl (C=O) groups excluding carboxylic acids is 3. The van der Waals surface area contributed by atoms with Crippen LogP contribution in [0.1, 0.15) is 39.5 Å². The van der Waals surface area contributed by atoms with Crippen LogP contribution < -0.4 is 10.2 Å².